The first-order valence-corrected chi connectivity index (χ1v) is 9.22. The molecule has 148 valence electrons. The smallest absolute Gasteiger partial charge is 0.191 e. The Labute approximate surface area is 164 Å². The molecular formula is C20H26N6O2. The highest BCUT2D eigenvalue weighted by Crippen LogP contribution is 2.21. The zero-order chi connectivity index (χ0) is 20.0. The topological polar surface area (TPSA) is 100 Å². The zero-order valence-electron chi connectivity index (χ0n) is 16.4. The van der Waals surface area contributed by atoms with Crippen LogP contribution >= 0.6 is 0 Å². The number of aryl methyl sites for hydroxylation is 1. The predicted molar refractivity (Wildman–Crippen MR) is 107 cm³/mol. The Bertz CT molecular complexity index is 897. The van der Waals surface area contributed by atoms with Gasteiger partial charge in [0.05, 0.1) is 13.1 Å². The van der Waals surface area contributed by atoms with Crippen molar-refractivity contribution in [2.45, 2.75) is 32.9 Å². The van der Waals surface area contributed by atoms with Crippen LogP contribution in [-0.2, 0) is 12.1 Å². The first-order valence-electron chi connectivity index (χ1n) is 9.22. The van der Waals surface area contributed by atoms with Crippen molar-refractivity contribution < 1.29 is 9.52 Å². The van der Waals surface area contributed by atoms with Gasteiger partial charge in [-0.2, -0.15) is 0 Å². The maximum Gasteiger partial charge on any atom is 0.191 e. The molecule has 0 aromatic carbocycles. The van der Waals surface area contributed by atoms with Gasteiger partial charge in [0.15, 0.2) is 5.96 Å². The van der Waals surface area contributed by atoms with E-state index in [4.69, 9.17) is 4.42 Å². The van der Waals surface area contributed by atoms with Crippen molar-refractivity contribution in [2.75, 3.05) is 13.1 Å². The minimum Gasteiger partial charge on any atom is -0.463 e. The molecule has 0 fully saturated rings. The second-order valence-electron chi connectivity index (χ2n) is 6.73. The average molecular weight is 382 g/mol. The summed E-state index contributed by atoms with van der Waals surface area (Å²) >= 11 is 0. The first-order chi connectivity index (χ1) is 13.5. The van der Waals surface area contributed by atoms with Gasteiger partial charge in [0.2, 0.25) is 0 Å². The van der Waals surface area contributed by atoms with Crippen LogP contribution in [0.1, 0.15) is 30.9 Å². The molecule has 0 amide bonds. The Morgan fingerprint density at radius 1 is 1.29 bits per heavy atom. The van der Waals surface area contributed by atoms with E-state index in [0.717, 1.165) is 17.1 Å². The first kappa shape index (κ1) is 19.6. The highest BCUT2D eigenvalue weighted by atomic mass is 16.4. The van der Waals surface area contributed by atoms with Crippen molar-refractivity contribution in [3.05, 3.63) is 66.3 Å². The van der Waals surface area contributed by atoms with Crippen LogP contribution in [0, 0.1) is 6.92 Å². The molecule has 0 aliphatic heterocycles. The Hall–Kier alpha value is -3.13. The van der Waals surface area contributed by atoms with Crippen molar-refractivity contribution in [3.63, 3.8) is 0 Å². The lowest BCUT2D eigenvalue weighted by Crippen LogP contribution is -2.44. The minimum absolute atomic E-state index is 0.267. The third kappa shape index (κ3) is 4.98. The molecule has 1 atom stereocenters. The van der Waals surface area contributed by atoms with Crippen LogP contribution < -0.4 is 10.6 Å². The summed E-state index contributed by atoms with van der Waals surface area (Å²) in [6.07, 6.45) is 7.07. The number of hydrogen-bond donors (Lipinski definition) is 3. The summed E-state index contributed by atoms with van der Waals surface area (Å²) in [7, 11) is 0. The van der Waals surface area contributed by atoms with Crippen molar-refractivity contribution in [1.82, 2.24) is 25.2 Å². The number of aliphatic imine (C=N–C) groups is 1. The highest BCUT2D eigenvalue weighted by molar-refractivity contribution is 5.79. The van der Waals surface area contributed by atoms with E-state index >= 15 is 0 Å². The van der Waals surface area contributed by atoms with E-state index in [2.05, 4.69) is 25.6 Å². The van der Waals surface area contributed by atoms with E-state index < -0.39 is 5.60 Å². The Morgan fingerprint density at radius 2 is 2.14 bits per heavy atom. The quantitative estimate of drug-likeness (QED) is 0.428. The molecule has 28 heavy (non-hydrogen) atoms. The van der Waals surface area contributed by atoms with Crippen molar-refractivity contribution >= 4 is 5.96 Å². The van der Waals surface area contributed by atoms with Crippen LogP contribution in [0.2, 0.25) is 0 Å². The summed E-state index contributed by atoms with van der Waals surface area (Å²) < 4.78 is 7.39. The van der Waals surface area contributed by atoms with Crippen molar-refractivity contribution in [2.24, 2.45) is 4.99 Å². The molecule has 0 bridgehead atoms. The third-order valence-electron chi connectivity index (χ3n) is 4.21. The monoisotopic (exact) mass is 382 g/mol. The average Bonchev–Trinajstić information content (AvgIpc) is 3.37. The molecule has 0 saturated carbocycles. The van der Waals surface area contributed by atoms with Crippen LogP contribution in [0.3, 0.4) is 0 Å². The van der Waals surface area contributed by atoms with Crippen molar-refractivity contribution in [3.8, 4) is 5.82 Å². The van der Waals surface area contributed by atoms with Gasteiger partial charge >= 0.3 is 0 Å². The van der Waals surface area contributed by atoms with Crippen LogP contribution in [0.15, 0.2) is 58.6 Å². The third-order valence-corrected chi connectivity index (χ3v) is 4.21. The van der Waals surface area contributed by atoms with Crippen LogP contribution in [-0.4, -0.2) is 38.7 Å². The lowest BCUT2D eigenvalue weighted by Gasteiger charge is -2.22. The summed E-state index contributed by atoms with van der Waals surface area (Å²) in [5.74, 6) is 2.71. The fourth-order valence-electron chi connectivity index (χ4n) is 2.64. The number of hydrogen-bond acceptors (Lipinski definition) is 5. The van der Waals surface area contributed by atoms with Gasteiger partial charge in [-0.25, -0.2) is 15.0 Å². The number of rotatable bonds is 7. The Morgan fingerprint density at radius 3 is 2.75 bits per heavy atom. The second kappa shape index (κ2) is 8.71. The van der Waals surface area contributed by atoms with Gasteiger partial charge in [-0.05, 0) is 44.5 Å². The lowest BCUT2D eigenvalue weighted by atomic mass is 10.0. The normalized spacial score (nSPS) is 13.9. The molecule has 0 radical (unpaired) electrons. The fourth-order valence-corrected chi connectivity index (χ4v) is 2.64. The van der Waals surface area contributed by atoms with Crippen LogP contribution in [0.25, 0.3) is 5.82 Å². The summed E-state index contributed by atoms with van der Waals surface area (Å²) in [6.45, 7) is 7.00. The van der Waals surface area contributed by atoms with Gasteiger partial charge in [0.25, 0.3) is 0 Å². The zero-order valence-corrected chi connectivity index (χ0v) is 16.4. The number of nitrogens with one attached hydrogen (secondary N) is 2. The van der Waals surface area contributed by atoms with Gasteiger partial charge in [0.1, 0.15) is 29.3 Å². The van der Waals surface area contributed by atoms with E-state index in [1.165, 1.54) is 0 Å². The van der Waals surface area contributed by atoms with Gasteiger partial charge in [-0.1, -0.05) is 6.07 Å². The molecule has 3 aromatic rings. The standard InChI is InChI=1S/C20H26N6O2/c1-4-22-19(25-13-20(3,27)17-7-5-15(2)28-17)24-12-16-6-8-18(23-11-16)26-10-9-21-14-26/h5-11,14,27H,4,12-13H2,1-3H3,(H2,22,24,25). The van der Waals surface area contributed by atoms with E-state index in [1.54, 1.807) is 31.7 Å². The van der Waals surface area contributed by atoms with Gasteiger partial charge in [-0.15, -0.1) is 0 Å². The predicted octanol–water partition coefficient (Wildman–Crippen LogP) is 2.13. The van der Waals surface area contributed by atoms with Crippen molar-refractivity contribution in [1.29, 1.82) is 0 Å². The maximum absolute atomic E-state index is 10.7. The summed E-state index contributed by atoms with van der Waals surface area (Å²) in [4.78, 5) is 13.0. The molecule has 0 aliphatic rings. The number of furan rings is 1. The molecule has 3 heterocycles. The second-order valence-corrected chi connectivity index (χ2v) is 6.73. The highest BCUT2D eigenvalue weighted by Gasteiger charge is 2.27. The van der Waals surface area contributed by atoms with Gasteiger partial charge in [0, 0.05) is 25.1 Å². The van der Waals surface area contributed by atoms with E-state index in [1.807, 2.05) is 42.8 Å². The van der Waals surface area contributed by atoms with Gasteiger partial charge in [-0.3, -0.25) is 4.57 Å². The number of pyridine rings is 1. The molecule has 1 unspecified atom stereocenters. The summed E-state index contributed by atoms with van der Waals surface area (Å²) in [5, 5.41) is 17.0. The largest absolute Gasteiger partial charge is 0.463 e. The molecular weight excluding hydrogens is 356 g/mol. The Balaban J connectivity index is 1.62. The van der Waals surface area contributed by atoms with E-state index in [9.17, 15) is 5.11 Å². The van der Waals surface area contributed by atoms with Crippen LogP contribution in [0.4, 0.5) is 0 Å². The molecule has 0 aliphatic carbocycles. The SMILES string of the molecule is CCNC(=NCc1ccc(-n2ccnc2)nc1)NCC(C)(O)c1ccc(C)o1. The number of aromatic nitrogens is 3. The number of nitrogens with zero attached hydrogens (tertiary/aromatic N) is 4. The maximum atomic E-state index is 10.7. The summed E-state index contributed by atoms with van der Waals surface area (Å²) in [5.41, 5.74) is -0.159. The molecule has 8 nitrogen and oxygen atoms in total. The number of aliphatic hydroxyl groups is 1. The Kier molecular flexibility index (Phi) is 6.10. The molecule has 3 rings (SSSR count). The fraction of sp³-hybridized carbons (Fsp3) is 0.350. The van der Waals surface area contributed by atoms with E-state index in [-0.39, 0.29) is 6.54 Å². The molecule has 3 N–H and O–H groups in total. The molecule has 0 saturated heterocycles. The lowest BCUT2D eigenvalue weighted by molar-refractivity contribution is 0.0378. The minimum atomic E-state index is -1.14. The number of guanidine groups is 1. The number of imidazole rings is 1. The van der Waals surface area contributed by atoms with E-state index in [0.29, 0.717) is 24.8 Å². The molecule has 3 aromatic heterocycles. The van der Waals surface area contributed by atoms with Crippen LogP contribution in [0.5, 0.6) is 0 Å². The molecule has 8 heteroatoms. The summed E-state index contributed by atoms with van der Waals surface area (Å²) in [6, 6.07) is 7.53. The molecule has 0 spiro atoms. The van der Waals surface area contributed by atoms with Gasteiger partial charge < -0.3 is 20.2 Å².